The van der Waals surface area contributed by atoms with Gasteiger partial charge in [0.1, 0.15) is 11.4 Å². The van der Waals surface area contributed by atoms with Crippen molar-refractivity contribution in [3.05, 3.63) is 12.0 Å². The Balaban J connectivity index is 3.14. The van der Waals surface area contributed by atoms with Crippen LogP contribution in [0.4, 0.5) is 5.69 Å². The normalized spacial score (nSPS) is 9.80. The third-order valence-corrected chi connectivity index (χ3v) is 1.95. The molecule has 3 nitrogen and oxygen atoms in total. The van der Waals surface area contributed by atoms with E-state index in [-0.39, 0.29) is 0 Å². The highest BCUT2D eigenvalue weighted by atomic mass is 32.2. The van der Waals surface area contributed by atoms with Crippen LogP contribution in [0.25, 0.3) is 0 Å². The summed E-state index contributed by atoms with van der Waals surface area (Å²) in [4.78, 5) is 7.92. The maximum Gasteiger partial charge on any atom is 0.122 e. The molecule has 0 bridgehead atoms. The average Bonchev–Trinajstić information content (AvgIpc) is 1.95. The van der Waals surface area contributed by atoms with Crippen LogP contribution in [-0.4, -0.2) is 16.2 Å². The molecule has 0 unspecified atom stereocenters. The minimum Gasteiger partial charge on any atom is -0.395 e. The third kappa shape index (κ3) is 1.21. The van der Waals surface area contributed by atoms with Crippen molar-refractivity contribution in [1.82, 2.24) is 9.97 Å². The zero-order valence-corrected chi connectivity index (χ0v) is 6.77. The van der Waals surface area contributed by atoms with E-state index < -0.39 is 0 Å². The second-order valence-electron chi connectivity index (χ2n) is 1.88. The van der Waals surface area contributed by atoms with Gasteiger partial charge in [-0.15, -0.1) is 11.8 Å². The highest BCUT2D eigenvalue weighted by molar-refractivity contribution is 7.98. The summed E-state index contributed by atoms with van der Waals surface area (Å²) in [6.45, 7) is 1.87. The summed E-state index contributed by atoms with van der Waals surface area (Å²) in [5.74, 6) is 0. The van der Waals surface area contributed by atoms with Crippen molar-refractivity contribution in [2.75, 3.05) is 12.0 Å². The number of nitrogens with zero attached hydrogens (tertiary/aromatic N) is 2. The molecule has 10 heavy (non-hydrogen) atoms. The van der Waals surface area contributed by atoms with Crippen molar-refractivity contribution in [1.29, 1.82) is 0 Å². The van der Waals surface area contributed by atoms with E-state index in [2.05, 4.69) is 9.97 Å². The molecule has 1 heterocycles. The highest BCUT2D eigenvalue weighted by Gasteiger charge is 2.00. The summed E-state index contributed by atoms with van der Waals surface area (Å²) in [6.07, 6.45) is 3.47. The van der Waals surface area contributed by atoms with Gasteiger partial charge >= 0.3 is 0 Å². The van der Waals surface area contributed by atoms with Crippen molar-refractivity contribution >= 4 is 17.4 Å². The molecule has 0 radical (unpaired) electrons. The van der Waals surface area contributed by atoms with Crippen molar-refractivity contribution in [2.45, 2.75) is 11.9 Å². The zero-order valence-electron chi connectivity index (χ0n) is 5.96. The number of nitrogen functional groups attached to an aromatic ring is 1. The molecule has 1 aromatic rings. The molecule has 0 atom stereocenters. The van der Waals surface area contributed by atoms with Gasteiger partial charge in [-0.05, 0) is 13.2 Å². The van der Waals surface area contributed by atoms with E-state index in [4.69, 9.17) is 5.73 Å². The van der Waals surface area contributed by atoms with Gasteiger partial charge in [0.05, 0.1) is 11.4 Å². The maximum absolute atomic E-state index is 5.65. The number of hydrogen-bond acceptors (Lipinski definition) is 4. The van der Waals surface area contributed by atoms with Gasteiger partial charge in [-0.1, -0.05) is 0 Å². The Morgan fingerprint density at radius 2 is 2.20 bits per heavy atom. The van der Waals surface area contributed by atoms with Gasteiger partial charge in [-0.3, -0.25) is 0 Å². The first-order valence-electron chi connectivity index (χ1n) is 2.86. The fraction of sp³-hybridized carbons (Fsp3) is 0.333. The molecule has 54 valence electrons. The fourth-order valence-corrected chi connectivity index (χ4v) is 1.14. The van der Waals surface area contributed by atoms with E-state index in [1.165, 1.54) is 18.1 Å². The minimum atomic E-state index is 0.690. The summed E-state index contributed by atoms with van der Waals surface area (Å²) in [7, 11) is 0. The van der Waals surface area contributed by atoms with Crippen LogP contribution < -0.4 is 5.73 Å². The fourth-order valence-electron chi connectivity index (χ4n) is 0.624. The standard InChI is InChI=1S/C6H9N3S/c1-4-5(7)6(10-2)9-3-8-4/h3H,7H2,1-2H3. The van der Waals surface area contributed by atoms with Crippen LogP contribution in [-0.2, 0) is 0 Å². The molecule has 1 aromatic heterocycles. The van der Waals surface area contributed by atoms with Gasteiger partial charge in [0, 0.05) is 0 Å². The molecule has 1 rings (SSSR count). The number of nitrogens with two attached hydrogens (primary N) is 1. The molecule has 0 aliphatic rings. The molecule has 0 fully saturated rings. The smallest absolute Gasteiger partial charge is 0.122 e. The number of anilines is 1. The first-order chi connectivity index (χ1) is 4.75. The molecule has 2 N–H and O–H groups in total. The summed E-state index contributed by atoms with van der Waals surface area (Å²) in [6, 6.07) is 0. The Morgan fingerprint density at radius 3 is 2.70 bits per heavy atom. The molecule has 0 spiro atoms. The average molecular weight is 155 g/mol. The van der Waals surface area contributed by atoms with Gasteiger partial charge in [0.25, 0.3) is 0 Å². The van der Waals surface area contributed by atoms with Gasteiger partial charge in [-0.25, -0.2) is 9.97 Å². The van der Waals surface area contributed by atoms with Crippen LogP contribution in [0.15, 0.2) is 11.4 Å². The van der Waals surface area contributed by atoms with Crippen LogP contribution in [0.1, 0.15) is 5.69 Å². The number of rotatable bonds is 1. The molecule has 0 aliphatic carbocycles. The van der Waals surface area contributed by atoms with Gasteiger partial charge in [0.15, 0.2) is 0 Å². The molecular formula is C6H9N3S. The lowest BCUT2D eigenvalue weighted by Crippen LogP contribution is -1.96. The minimum absolute atomic E-state index is 0.690. The highest BCUT2D eigenvalue weighted by Crippen LogP contribution is 2.20. The van der Waals surface area contributed by atoms with E-state index in [1.807, 2.05) is 13.2 Å². The number of thioether (sulfide) groups is 1. The van der Waals surface area contributed by atoms with Crippen LogP contribution in [0.2, 0.25) is 0 Å². The summed E-state index contributed by atoms with van der Waals surface area (Å²) in [5, 5.41) is 0.854. The van der Waals surface area contributed by atoms with Crippen molar-refractivity contribution in [3.63, 3.8) is 0 Å². The van der Waals surface area contributed by atoms with Crippen molar-refractivity contribution < 1.29 is 0 Å². The van der Waals surface area contributed by atoms with E-state index in [1.54, 1.807) is 0 Å². The van der Waals surface area contributed by atoms with Gasteiger partial charge in [-0.2, -0.15) is 0 Å². The van der Waals surface area contributed by atoms with Crippen LogP contribution >= 0.6 is 11.8 Å². The van der Waals surface area contributed by atoms with Crippen LogP contribution in [0.3, 0.4) is 0 Å². The second kappa shape index (κ2) is 2.88. The van der Waals surface area contributed by atoms with E-state index in [9.17, 15) is 0 Å². The molecule has 4 heteroatoms. The summed E-state index contributed by atoms with van der Waals surface area (Å²) < 4.78 is 0. The van der Waals surface area contributed by atoms with Crippen molar-refractivity contribution in [2.24, 2.45) is 0 Å². The topological polar surface area (TPSA) is 51.8 Å². The molecule has 0 amide bonds. The Morgan fingerprint density at radius 1 is 1.50 bits per heavy atom. The largest absolute Gasteiger partial charge is 0.395 e. The Hall–Kier alpha value is -0.770. The Bertz CT molecular complexity index is 236. The Kier molecular flexibility index (Phi) is 2.11. The summed E-state index contributed by atoms with van der Waals surface area (Å²) in [5.41, 5.74) is 7.18. The van der Waals surface area contributed by atoms with E-state index in [0.29, 0.717) is 5.69 Å². The molecule has 0 saturated carbocycles. The van der Waals surface area contributed by atoms with Crippen LogP contribution in [0.5, 0.6) is 0 Å². The zero-order chi connectivity index (χ0) is 7.56. The number of hydrogen-bond donors (Lipinski definition) is 1. The van der Waals surface area contributed by atoms with Gasteiger partial charge in [0.2, 0.25) is 0 Å². The number of aryl methyl sites for hydroxylation is 1. The first kappa shape index (κ1) is 7.34. The third-order valence-electron chi connectivity index (χ3n) is 1.24. The SMILES string of the molecule is CSc1ncnc(C)c1N. The van der Waals surface area contributed by atoms with Crippen molar-refractivity contribution in [3.8, 4) is 0 Å². The predicted octanol–water partition coefficient (Wildman–Crippen LogP) is 1.09. The molecule has 0 aliphatic heterocycles. The monoisotopic (exact) mass is 155 g/mol. The number of aromatic nitrogens is 2. The lowest BCUT2D eigenvalue weighted by atomic mass is 10.4. The lowest BCUT2D eigenvalue weighted by Gasteiger charge is -2.01. The van der Waals surface area contributed by atoms with Gasteiger partial charge < -0.3 is 5.73 Å². The summed E-state index contributed by atoms with van der Waals surface area (Å²) >= 11 is 1.53. The maximum atomic E-state index is 5.65. The van der Waals surface area contributed by atoms with Crippen LogP contribution in [0, 0.1) is 6.92 Å². The molecular weight excluding hydrogens is 146 g/mol. The first-order valence-corrected chi connectivity index (χ1v) is 4.09. The Labute approximate surface area is 64.1 Å². The molecule has 0 saturated heterocycles. The molecule has 0 aromatic carbocycles. The lowest BCUT2D eigenvalue weighted by molar-refractivity contribution is 1.02. The van der Waals surface area contributed by atoms with E-state index in [0.717, 1.165) is 10.7 Å². The quantitative estimate of drug-likeness (QED) is 0.487. The predicted molar refractivity (Wildman–Crippen MR) is 43.0 cm³/mol. The van der Waals surface area contributed by atoms with E-state index >= 15 is 0 Å². The second-order valence-corrected chi connectivity index (χ2v) is 2.68.